The van der Waals surface area contributed by atoms with Crippen molar-refractivity contribution in [3.63, 3.8) is 0 Å². The van der Waals surface area contributed by atoms with Gasteiger partial charge in [0.15, 0.2) is 0 Å². The molecule has 1 atom stereocenters. The molecule has 1 aliphatic rings. The Morgan fingerprint density at radius 3 is 2.67 bits per heavy atom. The Bertz CT molecular complexity index is 130. The third-order valence-electron chi connectivity index (χ3n) is 2.37. The first-order valence-corrected chi connectivity index (χ1v) is 4.57. The first-order valence-electron chi connectivity index (χ1n) is 4.57. The molecule has 12 heavy (non-hydrogen) atoms. The molecule has 1 unspecified atom stereocenters. The fourth-order valence-corrected chi connectivity index (χ4v) is 2.05. The zero-order valence-electron chi connectivity index (χ0n) is 8.39. The van der Waals surface area contributed by atoms with Gasteiger partial charge in [0.05, 0.1) is 12.1 Å². The van der Waals surface area contributed by atoms with Crippen LogP contribution in [-0.2, 0) is 4.74 Å². The smallest absolute Gasteiger partial charge is 0.0657 e. The number of nitrogens with zero attached hydrogens (tertiary/aromatic N) is 1. The largest absolute Gasteiger partial charge is 0.383 e. The van der Waals surface area contributed by atoms with E-state index in [-0.39, 0.29) is 5.54 Å². The van der Waals surface area contributed by atoms with Crippen molar-refractivity contribution in [2.75, 3.05) is 40.9 Å². The number of hydrogen-bond acceptors (Lipinski definition) is 3. The molecule has 1 heterocycles. The van der Waals surface area contributed by atoms with Crippen molar-refractivity contribution >= 4 is 0 Å². The van der Waals surface area contributed by atoms with Gasteiger partial charge in [0.1, 0.15) is 0 Å². The minimum atomic E-state index is 0.220. The fourth-order valence-electron chi connectivity index (χ4n) is 2.05. The quantitative estimate of drug-likeness (QED) is 0.661. The average Bonchev–Trinajstić information content (AvgIpc) is 2.36. The van der Waals surface area contributed by atoms with Crippen LogP contribution < -0.4 is 5.32 Å². The molecule has 0 aromatic carbocycles. The van der Waals surface area contributed by atoms with Crippen molar-refractivity contribution in [3.8, 4) is 0 Å². The second-order valence-electron chi connectivity index (χ2n) is 3.98. The summed E-state index contributed by atoms with van der Waals surface area (Å²) in [6.07, 6.45) is 2.51. The Hall–Kier alpha value is -0.120. The molecule has 3 nitrogen and oxygen atoms in total. The molecule has 0 aromatic rings. The van der Waals surface area contributed by atoms with Gasteiger partial charge in [-0.2, -0.15) is 0 Å². The average molecular weight is 172 g/mol. The summed E-state index contributed by atoms with van der Waals surface area (Å²) in [7, 11) is 5.99. The molecular weight excluding hydrogens is 152 g/mol. The highest BCUT2D eigenvalue weighted by molar-refractivity contribution is 4.94. The van der Waals surface area contributed by atoms with Crippen molar-refractivity contribution in [2.24, 2.45) is 0 Å². The van der Waals surface area contributed by atoms with E-state index in [2.05, 4.69) is 24.3 Å². The van der Waals surface area contributed by atoms with Crippen LogP contribution in [0.25, 0.3) is 0 Å². The molecular formula is C9H20N2O. The van der Waals surface area contributed by atoms with Crippen molar-refractivity contribution < 1.29 is 4.74 Å². The van der Waals surface area contributed by atoms with Gasteiger partial charge >= 0.3 is 0 Å². The van der Waals surface area contributed by atoms with Gasteiger partial charge in [0, 0.05) is 13.7 Å². The molecule has 1 saturated heterocycles. The molecule has 1 rings (SSSR count). The van der Waals surface area contributed by atoms with Gasteiger partial charge in [-0.1, -0.05) is 0 Å². The highest BCUT2D eigenvalue weighted by Gasteiger charge is 2.33. The Morgan fingerprint density at radius 1 is 1.50 bits per heavy atom. The van der Waals surface area contributed by atoms with E-state index in [0.717, 1.165) is 19.7 Å². The summed E-state index contributed by atoms with van der Waals surface area (Å²) < 4.78 is 5.24. The van der Waals surface area contributed by atoms with Crippen molar-refractivity contribution in [3.05, 3.63) is 0 Å². The van der Waals surface area contributed by atoms with Crippen LogP contribution in [0.15, 0.2) is 0 Å². The maximum atomic E-state index is 5.24. The first kappa shape index (κ1) is 9.96. The van der Waals surface area contributed by atoms with Crippen molar-refractivity contribution in [2.45, 2.75) is 18.4 Å². The van der Waals surface area contributed by atoms with Crippen LogP contribution in [0.4, 0.5) is 0 Å². The first-order chi connectivity index (χ1) is 5.68. The second-order valence-corrected chi connectivity index (χ2v) is 3.98. The second kappa shape index (κ2) is 4.21. The normalized spacial score (nSPS) is 30.0. The molecule has 3 heteroatoms. The van der Waals surface area contributed by atoms with Gasteiger partial charge in [-0.3, -0.25) is 0 Å². The van der Waals surface area contributed by atoms with E-state index in [9.17, 15) is 0 Å². The minimum absolute atomic E-state index is 0.220. The summed E-state index contributed by atoms with van der Waals surface area (Å²) in [6.45, 7) is 3.03. The van der Waals surface area contributed by atoms with Gasteiger partial charge in [-0.05, 0) is 33.5 Å². The minimum Gasteiger partial charge on any atom is -0.383 e. The molecule has 72 valence electrons. The Morgan fingerprint density at radius 2 is 2.25 bits per heavy atom. The van der Waals surface area contributed by atoms with Gasteiger partial charge in [-0.25, -0.2) is 0 Å². The standard InChI is InChI=1S/C9H20N2O/c1-11(2)7-9(8-12-3)5-4-6-10-9/h10H,4-8H2,1-3H3. The lowest BCUT2D eigenvalue weighted by Crippen LogP contribution is -2.51. The highest BCUT2D eigenvalue weighted by Crippen LogP contribution is 2.20. The molecule has 0 saturated carbocycles. The number of methoxy groups -OCH3 is 1. The van der Waals surface area contributed by atoms with Crippen molar-refractivity contribution in [1.29, 1.82) is 0 Å². The fraction of sp³-hybridized carbons (Fsp3) is 1.00. The topological polar surface area (TPSA) is 24.5 Å². The van der Waals surface area contributed by atoms with Crippen LogP contribution in [0, 0.1) is 0 Å². The molecule has 1 aliphatic heterocycles. The molecule has 1 N–H and O–H groups in total. The van der Waals surface area contributed by atoms with Crippen LogP contribution in [0.5, 0.6) is 0 Å². The van der Waals surface area contributed by atoms with Crippen molar-refractivity contribution in [1.82, 2.24) is 10.2 Å². The Labute approximate surface area is 75.1 Å². The lowest BCUT2D eigenvalue weighted by molar-refractivity contribution is 0.101. The lowest BCUT2D eigenvalue weighted by atomic mass is 9.98. The van der Waals surface area contributed by atoms with E-state index in [4.69, 9.17) is 4.74 Å². The lowest BCUT2D eigenvalue weighted by Gasteiger charge is -2.31. The van der Waals surface area contributed by atoms with E-state index in [1.807, 2.05) is 0 Å². The van der Waals surface area contributed by atoms with Gasteiger partial charge in [0.2, 0.25) is 0 Å². The predicted molar refractivity (Wildman–Crippen MR) is 50.4 cm³/mol. The van der Waals surface area contributed by atoms with Crippen LogP contribution in [0.1, 0.15) is 12.8 Å². The molecule has 0 amide bonds. The molecule has 0 radical (unpaired) electrons. The van der Waals surface area contributed by atoms with Crippen LogP contribution in [0.3, 0.4) is 0 Å². The van der Waals surface area contributed by atoms with Gasteiger partial charge < -0.3 is 15.0 Å². The van der Waals surface area contributed by atoms with Crippen LogP contribution in [-0.4, -0.2) is 51.3 Å². The third-order valence-corrected chi connectivity index (χ3v) is 2.37. The number of hydrogen-bond donors (Lipinski definition) is 1. The van der Waals surface area contributed by atoms with E-state index in [0.29, 0.717) is 0 Å². The summed E-state index contributed by atoms with van der Waals surface area (Å²) in [5.41, 5.74) is 0.220. The predicted octanol–water partition coefficient (Wildman–Crippen LogP) is 0.317. The summed E-state index contributed by atoms with van der Waals surface area (Å²) in [4.78, 5) is 2.22. The Balaban J connectivity index is 2.46. The van der Waals surface area contributed by atoms with E-state index in [1.54, 1.807) is 7.11 Å². The maximum Gasteiger partial charge on any atom is 0.0657 e. The summed E-state index contributed by atoms with van der Waals surface area (Å²) in [6, 6.07) is 0. The number of nitrogens with one attached hydrogen (secondary N) is 1. The molecule has 0 bridgehead atoms. The van der Waals surface area contributed by atoms with Crippen LogP contribution >= 0.6 is 0 Å². The Kier molecular flexibility index (Phi) is 3.50. The number of ether oxygens (including phenoxy) is 1. The molecule has 1 fully saturated rings. The van der Waals surface area contributed by atoms with E-state index < -0.39 is 0 Å². The number of rotatable bonds is 4. The summed E-state index contributed by atoms with van der Waals surface area (Å²) in [5.74, 6) is 0. The van der Waals surface area contributed by atoms with Crippen LogP contribution in [0.2, 0.25) is 0 Å². The molecule has 0 spiro atoms. The SMILES string of the molecule is COCC1(CN(C)C)CCCN1. The maximum absolute atomic E-state index is 5.24. The summed E-state index contributed by atoms with van der Waals surface area (Å²) >= 11 is 0. The highest BCUT2D eigenvalue weighted by atomic mass is 16.5. The molecule has 0 aromatic heterocycles. The zero-order chi connectivity index (χ0) is 9.03. The van der Waals surface area contributed by atoms with E-state index >= 15 is 0 Å². The molecule has 0 aliphatic carbocycles. The monoisotopic (exact) mass is 172 g/mol. The number of likely N-dealkylation sites (N-methyl/N-ethyl adjacent to an activating group) is 1. The third kappa shape index (κ3) is 2.44. The summed E-state index contributed by atoms with van der Waals surface area (Å²) in [5, 5.41) is 3.54. The van der Waals surface area contributed by atoms with Gasteiger partial charge in [-0.15, -0.1) is 0 Å². The van der Waals surface area contributed by atoms with Gasteiger partial charge in [0.25, 0.3) is 0 Å². The zero-order valence-corrected chi connectivity index (χ0v) is 8.39. The van der Waals surface area contributed by atoms with E-state index in [1.165, 1.54) is 12.8 Å².